The number of ether oxygens (including phenoxy) is 1. The van der Waals surface area contributed by atoms with Gasteiger partial charge in [-0.15, -0.1) is 0 Å². The molecule has 1 unspecified atom stereocenters. The van der Waals surface area contributed by atoms with Gasteiger partial charge in [0.1, 0.15) is 6.04 Å². The number of nitrogens with zero attached hydrogens (tertiary/aromatic N) is 1. The maximum absolute atomic E-state index is 13.8. The SMILES string of the molecule is CCCCNC(=O)C(C)N(Cc1cccc(Br)c1)C(=O)COc1ccccc1F. The van der Waals surface area contributed by atoms with Gasteiger partial charge in [0.05, 0.1) is 0 Å². The van der Waals surface area contributed by atoms with Crippen molar-refractivity contribution in [1.29, 1.82) is 0 Å². The van der Waals surface area contributed by atoms with Crippen LogP contribution < -0.4 is 10.1 Å². The molecule has 0 aliphatic heterocycles. The highest BCUT2D eigenvalue weighted by Crippen LogP contribution is 2.18. The highest BCUT2D eigenvalue weighted by atomic mass is 79.9. The summed E-state index contributed by atoms with van der Waals surface area (Å²) >= 11 is 3.42. The van der Waals surface area contributed by atoms with Crippen LogP contribution in [0.4, 0.5) is 4.39 Å². The van der Waals surface area contributed by atoms with Crippen molar-refractivity contribution >= 4 is 27.7 Å². The van der Waals surface area contributed by atoms with Crippen molar-refractivity contribution < 1.29 is 18.7 Å². The zero-order chi connectivity index (χ0) is 21.2. The number of carbonyl (C=O) groups excluding carboxylic acids is 2. The van der Waals surface area contributed by atoms with E-state index in [1.54, 1.807) is 19.1 Å². The molecule has 0 saturated carbocycles. The molecule has 1 N–H and O–H groups in total. The summed E-state index contributed by atoms with van der Waals surface area (Å²) in [6.45, 7) is 4.16. The van der Waals surface area contributed by atoms with E-state index in [0.29, 0.717) is 6.54 Å². The third-order valence-corrected chi connectivity index (χ3v) is 4.92. The van der Waals surface area contributed by atoms with Crippen molar-refractivity contribution in [2.75, 3.05) is 13.2 Å². The number of unbranched alkanes of at least 4 members (excludes halogenated alkanes) is 1. The van der Waals surface area contributed by atoms with Crippen LogP contribution >= 0.6 is 15.9 Å². The largest absolute Gasteiger partial charge is 0.481 e. The lowest BCUT2D eigenvalue weighted by atomic mass is 10.1. The van der Waals surface area contributed by atoms with E-state index in [9.17, 15) is 14.0 Å². The average molecular weight is 465 g/mol. The van der Waals surface area contributed by atoms with Gasteiger partial charge < -0.3 is 15.0 Å². The number of para-hydroxylation sites is 1. The molecule has 29 heavy (non-hydrogen) atoms. The van der Waals surface area contributed by atoms with Crippen molar-refractivity contribution in [1.82, 2.24) is 10.2 Å². The van der Waals surface area contributed by atoms with Gasteiger partial charge in [0.2, 0.25) is 5.91 Å². The predicted molar refractivity (Wildman–Crippen MR) is 114 cm³/mol. The van der Waals surface area contributed by atoms with Crippen LogP contribution in [-0.2, 0) is 16.1 Å². The monoisotopic (exact) mass is 464 g/mol. The summed E-state index contributed by atoms with van der Waals surface area (Å²) in [5.41, 5.74) is 0.867. The zero-order valence-electron chi connectivity index (χ0n) is 16.7. The average Bonchev–Trinajstić information content (AvgIpc) is 2.71. The van der Waals surface area contributed by atoms with Crippen LogP contribution in [0.2, 0.25) is 0 Å². The van der Waals surface area contributed by atoms with Gasteiger partial charge >= 0.3 is 0 Å². The summed E-state index contributed by atoms with van der Waals surface area (Å²) in [6.07, 6.45) is 1.83. The summed E-state index contributed by atoms with van der Waals surface area (Å²) in [5.74, 6) is -1.16. The van der Waals surface area contributed by atoms with E-state index in [4.69, 9.17) is 4.74 Å². The van der Waals surface area contributed by atoms with Crippen molar-refractivity contribution in [2.45, 2.75) is 39.3 Å². The number of carbonyl (C=O) groups is 2. The lowest BCUT2D eigenvalue weighted by molar-refractivity contribution is -0.142. The molecule has 0 aromatic heterocycles. The Labute approximate surface area is 179 Å². The molecule has 0 radical (unpaired) electrons. The number of benzene rings is 2. The maximum atomic E-state index is 13.8. The zero-order valence-corrected chi connectivity index (χ0v) is 18.2. The lowest BCUT2D eigenvalue weighted by Gasteiger charge is -2.29. The van der Waals surface area contributed by atoms with E-state index in [2.05, 4.69) is 21.2 Å². The van der Waals surface area contributed by atoms with E-state index in [1.807, 2.05) is 31.2 Å². The van der Waals surface area contributed by atoms with E-state index < -0.39 is 17.8 Å². The van der Waals surface area contributed by atoms with Gasteiger partial charge in [-0.05, 0) is 43.2 Å². The van der Waals surface area contributed by atoms with Gasteiger partial charge in [-0.25, -0.2) is 4.39 Å². The van der Waals surface area contributed by atoms with Crippen molar-refractivity contribution in [3.05, 3.63) is 64.4 Å². The molecule has 7 heteroatoms. The third kappa shape index (κ3) is 7.16. The van der Waals surface area contributed by atoms with Gasteiger partial charge in [-0.3, -0.25) is 9.59 Å². The molecular formula is C22H26BrFN2O3. The molecule has 2 amide bonds. The molecule has 2 aromatic rings. The fraction of sp³-hybridized carbons (Fsp3) is 0.364. The Bertz CT molecular complexity index is 831. The minimum absolute atomic E-state index is 0.00306. The van der Waals surface area contributed by atoms with Crippen LogP contribution in [-0.4, -0.2) is 35.9 Å². The minimum Gasteiger partial charge on any atom is -0.481 e. The first-order valence-electron chi connectivity index (χ1n) is 9.61. The number of hydrogen-bond donors (Lipinski definition) is 1. The predicted octanol–water partition coefficient (Wildman–Crippen LogP) is 4.30. The number of hydrogen-bond acceptors (Lipinski definition) is 3. The first-order valence-corrected chi connectivity index (χ1v) is 10.4. The fourth-order valence-corrected chi connectivity index (χ4v) is 3.18. The molecule has 5 nitrogen and oxygen atoms in total. The lowest BCUT2D eigenvalue weighted by Crippen LogP contribution is -2.49. The molecule has 156 valence electrons. The molecule has 1 atom stereocenters. The standard InChI is InChI=1S/C22H26BrFN2O3/c1-3-4-12-25-22(28)16(2)26(14-17-8-7-9-18(23)13-17)21(27)15-29-20-11-6-5-10-19(20)24/h5-11,13,16H,3-4,12,14-15H2,1-2H3,(H,25,28). The second-order valence-electron chi connectivity index (χ2n) is 6.69. The quantitative estimate of drug-likeness (QED) is 0.533. The van der Waals surface area contributed by atoms with Gasteiger partial charge in [-0.1, -0.05) is 53.5 Å². The smallest absolute Gasteiger partial charge is 0.261 e. The van der Waals surface area contributed by atoms with Gasteiger partial charge in [0.15, 0.2) is 18.2 Å². The fourth-order valence-electron chi connectivity index (χ4n) is 2.73. The Morgan fingerprint density at radius 2 is 1.97 bits per heavy atom. The molecule has 0 spiro atoms. The van der Waals surface area contributed by atoms with Gasteiger partial charge in [0.25, 0.3) is 5.91 Å². The van der Waals surface area contributed by atoms with E-state index in [1.165, 1.54) is 17.0 Å². The molecule has 0 saturated heterocycles. The van der Waals surface area contributed by atoms with E-state index in [-0.39, 0.29) is 24.8 Å². The second-order valence-corrected chi connectivity index (χ2v) is 7.61. The van der Waals surface area contributed by atoms with Crippen molar-refractivity contribution in [2.24, 2.45) is 0 Å². The Kier molecular flexibility index (Phi) is 9.12. The molecule has 0 bridgehead atoms. The Hall–Kier alpha value is -2.41. The topological polar surface area (TPSA) is 58.6 Å². The number of halogens is 2. The first kappa shape index (κ1) is 22.9. The normalized spacial score (nSPS) is 11.6. The highest BCUT2D eigenvalue weighted by Gasteiger charge is 2.26. The molecule has 0 aliphatic rings. The maximum Gasteiger partial charge on any atom is 0.261 e. The highest BCUT2D eigenvalue weighted by molar-refractivity contribution is 9.10. The number of amides is 2. The van der Waals surface area contributed by atoms with E-state index >= 15 is 0 Å². The van der Waals surface area contributed by atoms with Crippen LogP contribution in [0.5, 0.6) is 5.75 Å². The molecule has 0 aliphatic carbocycles. The third-order valence-electron chi connectivity index (χ3n) is 4.43. The Morgan fingerprint density at radius 3 is 2.66 bits per heavy atom. The van der Waals surface area contributed by atoms with Crippen LogP contribution in [0.25, 0.3) is 0 Å². The molecule has 0 heterocycles. The summed E-state index contributed by atoms with van der Waals surface area (Å²) in [4.78, 5) is 26.9. The van der Waals surface area contributed by atoms with Gasteiger partial charge in [-0.2, -0.15) is 0 Å². The molecule has 0 fully saturated rings. The van der Waals surface area contributed by atoms with Gasteiger partial charge in [0, 0.05) is 17.6 Å². The van der Waals surface area contributed by atoms with Crippen molar-refractivity contribution in [3.8, 4) is 5.75 Å². The van der Waals surface area contributed by atoms with Crippen molar-refractivity contribution in [3.63, 3.8) is 0 Å². The number of rotatable bonds is 10. The Balaban J connectivity index is 2.12. The van der Waals surface area contributed by atoms with Crippen LogP contribution in [0.15, 0.2) is 53.0 Å². The summed E-state index contributed by atoms with van der Waals surface area (Å²) in [7, 11) is 0. The minimum atomic E-state index is -0.692. The summed E-state index contributed by atoms with van der Waals surface area (Å²) in [6, 6.07) is 12.7. The molecule has 2 rings (SSSR count). The second kappa shape index (κ2) is 11.6. The van der Waals surface area contributed by atoms with E-state index in [0.717, 1.165) is 22.9 Å². The summed E-state index contributed by atoms with van der Waals surface area (Å²) < 4.78 is 20.0. The van der Waals surface area contributed by atoms with Crippen LogP contribution in [0.1, 0.15) is 32.3 Å². The van der Waals surface area contributed by atoms with Crippen LogP contribution in [0, 0.1) is 5.82 Å². The molecule has 2 aromatic carbocycles. The Morgan fingerprint density at radius 1 is 1.21 bits per heavy atom. The summed E-state index contributed by atoms with van der Waals surface area (Å²) in [5, 5.41) is 2.86. The van der Waals surface area contributed by atoms with Crippen LogP contribution in [0.3, 0.4) is 0 Å². The first-order chi connectivity index (χ1) is 13.9. The number of nitrogens with one attached hydrogen (secondary N) is 1. The molecular weight excluding hydrogens is 439 g/mol.